The number of hydrogen-bond donors (Lipinski definition) is 1. The van der Waals surface area contributed by atoms with Gasteiger partial charge in [-0.05, 0) is 67.9 Å². The third kappa shape index (κ3) is 4.76. The third-order valence-corrected chi connectivity index (χ3v) is 5.28. The van der Waals surface area contributed by atoms with Gasteiger partial charge < -0.3 is 10.1 Å². The van der Waals surface area contributed by atoms with E-state index in [9.17, 15) is 9.59 Å². The maximum absolute atomic E-state index is 12.5. The third-order valence-electron chi connectivity index (χ3n) is 5.28. The lowest BCUT2D eigenvalue weighted by atomic mass is 9.87. The highest BCUT2D eigenvalue weighted by molar-refractivity contribution is 5.84. The van der Waals surface area contributed by atoms with Crippen LogP contribution < -0.4 is 5.32 Å². The second-order valence-electron chi connectivity index (χ2n) is 7.38. The first kappa shape index (κ1) is 19.2. The van der Waals surface area contributed by atoms with Crippen molar-refractivity contribution in [1.29, 1.82) is 0 Å². The van der Waals surface area contributed by atoms with Gasteiger partial charge in [-0.25, -0.2) is 0 Å². The van der Waals surface area contributed by atoms with Crippen LogP contribution in [0.2, 0.25) is 0 Å². The number of nitrogens with one attached hydrogen (secondary N) is 1. The molecule has 1 aliphatic rings. The van der Waals surface area contributed by atoms with Crippen LogP contribution in [0.5, 0.6) is 0 Å². The maximum atomic E-state index is 12.5. The molecule has 4 heteroatoms. The normalized spacial score (nSPS) is 16.9. The van der Waals surface area contributed by atoms with Gasteiger partial charge in [0.1, 0.15) is 0 Å². The number of esters is 1. The van der Waals surface area contributed by atoms with Crippen LogP contribution in [0.4, 0.5) is 0 Å². The van der Waals surface area contributed by atoms with Gasteiger partial charge in [0.15, 0.2) is 6.10 Å². The Morgan fingerprint density at radius 1 is 1.15 bits per heavy atom. The van der Waals surface area contributed by atoms with E-state index in [-0.39, 0.29) is 24.3 Å². The molecule has 0 aromatic heterocycles. The number of benzene rings is 2. The Labute approximate surface area is 160 Å². The summed E-state index contributed by atoms with van der Waals surface area (Å²) in [4.78, 5) is 24.7. The molecule has 1 N–H and O–H groups in total. The molecule has 2 aromatic rings. The maximum Gasteiger partial charge on any atom is 0.311 e. The van der Waals surface area contributed by atoms with Crippen molar-refractivity contribution in [3.63, 3.8) is 0 Å². The van der Waals surface area contributed by atoms with E-state index in [1.165, 1.54) is 16.7 Å². The molecule has 27 heavy (non-hydrogen) atoms. The minimum Gasteiger partial charge on any atom is -0.452 e. The lowest BCUT2D eigenvalue weighted by Gasteiger charge is -2.27. The Balaban J connectivity index is 1.56. The monoisotopic (exact) mass is 365 g/mol. The molecule has 2 atom stereocenters. The van der Waals surface area contributed by atoms with Gasteiger partial charge >= 0.3 is 5.97 Å². The molecular weight excluding hydrogens is 338 g/mol. The minimum absolute atomic E-state index is 0.0108. The Hall–Kier alpha value is -2.62. The molecule has 0 fully saturated rings. The average Bonchev–Trinajstić information content (AvgIpc) is 2.65. The summed E-state index contributed by atoms with van der Waals surface area (Å²) in [5.74, 6) is -0.630. The van der Waals surface area contributed by atoms with E-state index in [4.69, 9.17) is 4.74 Å². The van der Waals surface area contributed by atoms with Crippen molar-refractivity contribution in [2.75, 3.05) is 0 Å². The molecule has 0 spiro atoms. The van der Waals surface area contributed by atoms with Crippen molar-refractivity contribution in [2.24, 2.45) is 0 Å². The van der Waals surface area contributed by atoms with Gasteiger partial charge in [-0.1, -0.05) is 42.5 Å². The Bertz CT molecular complexity index is 843. The fourth-order valence-corrected chi connectivity index (χ4v) is 3.57. The quantitative estimate of drug-likeness (QED) is 0.816. The van der Waals surface area contributed by atoms with Crippen molar-refractivity contribution < 1.29 is 14.3 Å². The van der Waals surface area contributed by atoms with E-state index >= 15 is 0 Å². The molecule has 0 saturated heterocycles. The zero-order valence-corrected chi connectivity index (χ0v) is 16.2. The number of amides is 1. The first-order valence-electron chi connectivity index (χ1n) is 9.58. The van der Waals surface area contributed by atoms with Crippen molar-refractivity contribution in [1.82, 2.24) is 5.32 Å². The fourth-order valence-electron chi connectivity index (χ4n) is 3.57. The molecule has 0 radical (unpaired) electrons. The molecule has 1 amide bonds. The summed E-state index contributed by atoms with van der Waals surface area (Å²) in [5, 5.41) is 3.04. The number of carbonyl (C=O) groups excluding carboxylic acids is 2. The average molecular weight is 365 g/mol. The van der Waals surface area contributed by atoms with Crippen molar-refractivity contribution in [2.45, 2.75) is 58.6 Å². The molecule has 0 aliphatic heterocycles. The molecule has 1 aliphatic carbocycles. The highest BCUT2D eigenvalue weighted by Crippen LogP contribution is 2.29. The molecule has 0 unspecified atom stereocenters. The minimum atomic E-state index is -0.807. The molecule has 142 valence electrons. The Kier molecular flexibility index (Phi) is 5.94. The van der Waals surface area contributed by atoms with Crippen LogP contribution in [0.15, 0.2) is 42.5 Å². The Morgan fingerprint density at radius 3 is 2.70 bits per heavy atom. The molecule has 4 nitrogen and oxygen atoms in total. The molecule has 0 bridgehead atoms. The molecule has 0 saturated carbocycles. The summed E-state index contributed by atoms with van der Waals surface area (Å²) in [6.45, 7) is 5.68. The highest BCUT2D eigenvalue weighted by Gasteiger charge is 2.25. The van der Waals surface area contributed by atoms with Crippen molar-refractivity contribution in [3.8, 4) is 0 Å². The Morgan fingerprint density at radius 2 is 1.93 bits per heavy atom. The molecule has 2 aromatic carbocycles. The van der Waals surface area contributed by atoms with E-state index < -0.39 is 6.10 Å². The smallest absolute Gasteiger partial charge is 0.311 e. The van der Waals surface area contributed by atoms with Gasteiger partial charge in [-0.3, -0.25) is 9.59 Å². The predicted molar refractivity (Wildman–Crippen MR) is 105 cm³/mol. The summed E-state index contributed by atoms with van der Waals surface area (Å²) in [6, 6.07) is 14.1. The van der Waals surface area contributed by atoms with Gasteiger partial charge in [0, 0.05) is 0 Å². The SMILES string of the molecule is Cc1ccc(CC(=O)O[C@H](C)C(=O)N[C@@H]2CCCc3ccccc32)cc1C. The van der Waals surface area contributed by atoms with Crippen LogP contribution in [0, 0.1) is 13.8 Å². The largest absolute Gasteiger partial charge is 0.452 e. The summed E-state index contributed by atoms with van der Waals surface area (Å²) in [6.07, 6.45) is 2.36. The number of fused-ring (bicyclic) bond motifs is 1. The summed E-state index contributed by atoms with van der Waals surface area (Å²) in [7, 11) is 0. The van der Waals surface area contributed by atoms with Crippen LogP contribution in [0.25, 0.3) is 0 Å². The molecule has 3 rings (SSSR count). The van der Waals surface area contributed by atoms with Crippen LogP contribution in [0.3, 0.4) is 0 Å². The highest BCUT2D eigenvalue weighted by atomic mass is 16.5. The van der Waals surface area contributed by atoms with E-state index in [1.807, 2.05) is 44.2 Å². The van der Waals surface area contributed by atoms with Crippen LogP contribution in [0.1, 0.15) is 53.6 Å². The van der Waals surface area contributed by atoms with Crippen molar-refractivity contribution >= 4 is 11.9 Å². The van der Waals surface area contributed by atoms with Gasteiger partial charge in [0.25, 0.3) is 5.91 Å². The van der Waals surface area contributed by atoms with Crippen LogP contribution >= 0.6 is 0 Å². The van der Waals surface area contributed by atoms with Gasteiger partial charge in [-0.2, -0.15) is 0 Å². The number of rotatable bonds is 5. The van der Waals surface area contributed by atoms with Gasteiger partial charge in [0.05, 0.1) is 12.5 Å². The summed E-state index contributed by atoms with van der Waals surface area (Å²) < 4.78 is 5.36. The number of carbonyl (C=O) groups is 2. The molecular formula is C23H27NO3. The number of ether oxygens (including phenoxy) is 1. The van der Waals surface area contributed by atoms with E-state index in [0.29, 0.717) is 0 Å². The van der Waals surface area contributed by atoms with Crippen LogP contribution in [-0.2, 0) is 27.2 Å². The van der Waals surface area contributed by atoms with Crippen molar-refractivity contribution in [3.05, 3.63) is 70.3 Å². The topological polar surface area (TPSA) is 55.4 Å². The van der Waals surface area contributed by atoms with E-state index in [1.54, 1.807) is 6.92 Å². The summed E-state index contributed by atoms with van der Waals surface area (Å²) >= 11 is 0. The lowest BCUT2D eigenvalue weighted by molar-refractivity contribution is -0.154. The number of hydrogen-bond acceptors (Lipinski definition) is 3. The second-order valence-corrected chi connectivity index (χ2v) is 7.38. The zero-order chi connectivity index (χ0) is 19.4. The van der Waals surface area contributed by atoms with Crippen LogP contribution in [-0.4, -0.2) is 18.0 Å². The summed E-state index contributed by atoms with van der Waals surface area (Å²) in [5.41, 5.74) is 5.69. The predicted octanol–water partition coefficient (Wildman–Crippen LogP) is 3.97. The van der Waals surface area contributed by atoms with Gasteiger partial charge in [0.2, 0.25) is 0 Å². The standard InChI is InChI=1S/C23H27NO3/c1-15-11-12-18(13-16(15)2)14-22(25)27-17(3)23(26)24-21-10-6-8-19-7-4-5-9-20(19)21/h4-5,7,9,11-13,17,21H,6,8,10,14H2,1-3H3,(H,24,26)/t17-,21-/m1/s1. The number of aryl methyl sites for hydroxylation is 3. The van der Waals surface area contributed by atoms with E-state index in [2.05, 4.69) is 17.4 Å². The fraction of sp³-hybridized carbons (Fsp3) is 0.391. The first-order valence-corrected chi connectivity index (χ1v) is 9.58. The zero-order valence-electron chi connectivity index (χ0n) is 16.2. The second kappa shape index (κ2) is 8.38. The van der Waals surface area contributed by atoms with E-state index in [0.717, 1.165) is 30.4 Å². The van der Waals surface area contributed by atoms with Gasteiger partial charge in [-0.15, -0.1) is 0 Å². The lowest BCUT2D eigenvalue weighted by Crippen LogP contribution is -2.39. The molecule has 0 heterocycles. The first-order chi connectivity index (χ1) is 12.9.